The van der Waals surface area contributed by atoms with Crippen LogP contribution in [0.25, 0.3) is 11.1 Å². The Balaban J connectivity index is 2.33. The van der Waals surface area contributed by atoms with Gasteiger partial charge < -0.3 is 10.5 Å². The summed E-state index contributed by atoms with van der Waals surface area (Å²) in [5.74, 6) is 0.574. The molecule has 0 aromatic heterocycles. The van der Waals surface area contributed by atoms with Crippen LogP contribution in [0, 0.1) is 5.82 Å². The highest BCUT2D eigenvalue weighted by Gasteiger charge is 2.10. The summed E-state index contributed by atoms with van der Waals surface area (Å²) >= 11 is 0. The molecular weight excluding hydrogens is 253 g/mol. The summed E-state index contributed by atoms with van der Waals surface area (Å²) in [7, 11) is 0. The quantitative estimate of drug-likeness (QED) is 0.881. The van der Waals surface area contributed by atoms with Crippen LogP contribution in [-0.4, -0.2) is 6.61 Å². The molecule has 2 aromatic rings. The second-order valence-corrected chi connectivity index (χ2v) is 4.89. The smallest absolute Gasteiger partial charge is 0.123 e. The van der Waals surface area contributed by atoms with Crippen LogP contribution in [0.2, 0.25) is 0 Å². The normalized spacial score (nSPS) is 12.2. The van der Waals surface area contributed by atoms with E-state index in [1.165, 1.54) is 12.1 Å². The topological polar surface area (TPSA) is 35.2 Å². The van der Waals surface area contributed by atoms with Gasteiger partial charge in [0.1, 0.15) is 11.6 Å². The predicted octanol–water partition coefficient (Wildman–Crippen LogP) is 4.30. The molecule has 106 valence electrons. The summed E-state index contributed by atoms with van der Waals surface area (Å²) in [6.07, 6.45) is 0.973. The molecule has 0 bridgehead atoms. The molecule has 0 radical (unpaired) electrons. The minimum absolute atomic E-state index is 0.137. The molecule has 0 fully saturated rings. The van der Waals surface area contributed by atoms with E-state index in [-0.39, 0.29) is 11.9 Å². The van der Waals surface area contributed by atoms with Gasteiger partial charge in [0.2, 0.25) is 0 Å². The minimum atomic E-state index is -0.254. The molecule has 1 atom stereocenters. The Hall–Kier alpha value is -1.87. The third-order valence-electron chi connectivity index (χ3n) is 3.14. The van der Waals surface area contributed by atoms with Crippen molar-refractivity contribution in [3.63, 3.8) is 0 Å². The van der Waals surface area contributed by atoms with Gasteiger partial charge in [-0.2, -0.15) is 0 Å². The Morgan fingerprint density at radius 2 is 1.85 bits per heavy atom. The van der Waals surface area contributed by atoms with E-state index in [4.69, 9.17) is 10.5 Å². The first-order chi connectivity index (χ1) is 9.61. The van der Waals surface area contributed by atoms with Gasteiger partial charge >= 0.3 is 0 Å². The third-order valence-corrected chi connectivity index (χ3v) is 3.14. The van der Waals surface area contributed by atoms with Gasteiger partial charge in [-0.3, -0.25) is 0 Å². The molecule has 0 aliphatic carbocycles. The number of hydrogen-bond acceptors (Lipinski definition) is 2. The number of rotatable bonds is 5. The van der Waals surface area contributed by atoms with Crippen LogP contribution < -0.4 is 10.5 Å². The number of nitrogens with two attached hydrogens (primary N) is 1. The van der Waals surface area contributed by atoms with Gasteiger partial charge in [0.15, 0.2) is 0 Å². The highest BCUT2D eigenvalue weighted by atomic mass is 19.1. The SMILES string of the molecule is CCCOc1ccc(-c2cc(F)ccc2C(C)N)cc1. The molecule has 20 heavy (non-hydrogen) atoms. The monoisotopic (exact) mass is 273 g/mol. The molecule has 2 N–H and O–H groups in total. The number of hydrogen-bond donors (Lipinski definition) is 1. The fourth-order valence-electron chi connectivity index (χ4n) is 2.13. The molecule has 1 unspecified atom stereocenters. The van der Waals surface area contributed by atoms with E-state index >= 15 is 0 Å². The van der Waals surface area contributed by atoms with Crippen LogP contribution in [0.3, 0.4) is 0 Å². The second-order valence-electron chi connectivity index (χ2n) is 4.89. The molecule has 2 aromatic carbocycles. The van der Waals surface area contributed by atoms with Crippen molar-refractivity contribution >= 4 is 0 Å². The first-order valence-electron chi connectivity index (χ1n) is 6.90. The third kappa shape index (κ3) is 3.36. The van der Waals surface area contributed by atoms with Crippen LogP contribution in [-0.2, 0) is 0 Å². The zero-order valence-electron chi connectivity index (χ0n) is 11.9. The van der Waals surface area contributed by atoms with Crippen molar-refractivity contribution in [2.75, 3.05) is 6.61 Å². The average molecular weight is 273 g/mol. The Bertz CT molecular complexity index is 564. The van der Waals surface area contributed by atoms with Crippen LogP contribution in [0.4, 0.5) is 4.39 Å². The van der Waals surface area contributed by atoms with Crippen molar-refractivity contribution in [3.05, 3.63) is 53.8 Å². The van der Waals surface area contributed by atoms with Crippen molar-refractivity contribution in [1.29, 1.82) is 0 Å². The molecule has 0 saturated carbocycles. The molecule has 2 rings (SSSR count). The molecule has 0 heterocycles. The fraction of sp³-hybridized carbons (Fsp3) is 0.294. The van der Waals surface area contributed by atoms with Crippen LogP contribution >= 0.6 is 0 Å². The standard InChI is InChI=1S/C17H20FNO/c1-3-10-20-15-7-4-13(5-8-15)17-11-14(18)6-9-16(17)12(2)19/h4-9,11-12H,3,10,19H2,1-2H3. The number of ether oxygens (including phenoxy) is 1. The first-order valence-corrected chi connectivity index (χ1v) is 6.90. The Morgan fingerprint density at radius 1 is 1.15 bits per heavy atom. The number of halogens is 1. The summed E-state index contributed by atoms with van der Waals surface area (Å²) in [5, 5.41) is 0. The molecule has 0 aliphatic rings. The summed E-state index contributed by atoms with van der Waals surface area (Å²) in [4.78, 5) is 0. The van der Waals surface area contributed by atoms with Gasteiger partial charge in [-0.1, -0.05) is 25.1 Å². The van der Waals surface area contributed by atoms with Crippen molar-refractivity contribution in [1.82, 2.24) is 0 Å². The highest BCUT2D eigenvalue weighted by Crippen LogP contribution is 2.29. The summed E-state index contributed by atoms with van der Waals surface area (Å²) in [6.45, 7) is 4.66. The summed E-state index contributed by atoms with van der Waals surface area (Å²) in [6, 6.07) is 12.3. The van der Waals surface area contributed by atoms with E-state index in [0.29, 0.717) is 6.61 Å². The van der Waals surface area contributed by atoms with Gasteiger partial charge in [-0.25, -0.2) is 4.39 Å². The molecule has 2 nitrogen and oxygen atoms in total. The lowest BCUT2D eigenvalue weighted by atomic mass is 9.96. The van der Waals surface area contributed by atoms with E-state index in [9.17, 15) is 4.39 Å². The average Bonchev–Trinajstić information content (AvgIpc) is 2.45. The zero-order chi connectivity index (χ0) is 14.5. The molecule has 0 spiro atoms. The Morgan fingerprint density at radius 3 is 2.45 bits per heavy atom. The minimum Gasteiger partial charge on any atom is -0.494 e. The maximum atomic E-state index is 13.5. The van der Waals surface area contributed by atoms with Gasteiger partial charge in [0, 0.05) is 6.04 Å². The van der Waals surface area contributed by atoms with Crippen molar-refractivity contribution in [2.45, 2.75) is 26.3 Å². The lowest BCUT2D eigenvalue weighted by Gasteiger charge is -2.13. The largest absolute Gasteiger partial charge is 0.494 e. The predicted molar refractivity (Wildman–Crippen MR) is 80.2 cm³/mol. The van der Waals surface area contributed by atoms with Crippen molar-refractivity contribution in [3.8, 4) is 16.9 Å². The second kappa shape index (κ2) is 6.53. The fourth-order valence-corrected chi connectivity index (χ4v) is 2.13. The molecule has 0 amide bonds. The maximum absolute atomic E-state index is 13.5. The zero-order valence-corrected chi connectivity index (χ0v) is 11.9. The van der Waals surface area contributed by atoms with Crippen LogP contribution in [0.1, 0.15) is 31.9 Å². The van der Waals surface area contributed by atoms with Gasteiger partial charge in [0.05, 0.1) is 6.61 Å². The van der Waals surface area contributed by atoms with E-state index in [0.717, 1.165) is 28.9 Å². The molecule has 3 heteroatoms. The van der Waals surface area contributed by atoms with E-state index < -0.39 is 0 Å². The lowest BCUT2D eigenvalue weighted by Crippen LogP contribution is -2.07. The van der Waals surface area contributed by atoms with Gasteiger partial charge in [-0.15, -0.1) is 0 Å². The van der Waals surface area contributed by atoms with Crippen molar-refractivity contribution < 1.29 is 9.13 Å². The van der Waals surface area contributed by atoms with Crippen molar-refractivity contribution in [2.24, 2.45) is 5.73 Å². The van der Waals surface area contributed by atoms with E-state index in [1.807, 2.05) is 31.2 Å². The van der Waals surface area contributed by atoms with Crippen LogP contribution in [0.5, 0.6) is 5.75 Å². The van der Waals surface area contributed by atoms with E-state index in [2.05, 4.69) is 6.92 Å². The Labute approximate surface area is 119 Å². The molecular formula is C17H20FNO. The molecule has 0 saturated heterocycles. The molecule has 0 aliphatic heterocycles. The van der Waals surface area contributed by atoms with Crippen LogP contribution in [0.15, 0.2) is 42.5 Å². The highest BCUT2D eigenvalue weighted by molar-refractivity contribution is 5.68. The van der Waals surface area contributed by atoms with Gasteiger partial charge in [-0.05, 0) is 54.3 Å². The lowest BCUT2D eigenvalue weighted by molar-refractivity contribution is 0.317. The summed E-state index contributed by atoms with van der Waals surface area (Å²) in [5.41, 5.74) is 8.67. The van der Waals surface area contributed by atoms with Gasteiger partial charge in [0.25, 0.3) is 0 Å². The first kappa shape index (κ1) is 14.5. The van der Waals surface area contributed by atoms with E-state index in [1.54, 1.807) is 6.07 Å². The number of benzene rings is 2. The Kier molecular flexibility index (Phi) is 4.74. The maximum Gasteiger partial charge on any atom is 0.123 e. The summed E-state index contributed by atoms with van der Waals surface area (Å²) < 4.78 is 19.0.